The predicted molar refractivity (Wildman–Crippen MR) is 173 cm³/mol. The number of methoxy groups -OCH3 is 1. The topological polar surface area (TPSA) is 91.3 Å². The fourth-order valence-corrected chi connectivity index (χ4v) is 4.77. The molecule has 3 rings (SSSR count). The van der Waals surface area contributed by atoms with Crippen molar-refractivity contribution in [2.24, 2.45) is 0 Å². The number of carbonyl (C=O) groups excluding carboxylic acids is 2. The number of aliphatic hydroxyl groups excluding tert-OH is 1. The second-order valence-electron chi connectivity index (χ2n) is 10.8. The normalized spacial score (nSPS) is 11.7. The fraction of sp³-hybridized carbons (Fsp3) is 0.405. The van der Waals surface area contributed by atoms with Crippen molar-refractivity contribution >= 4 is 18.0 Å². The predicted octanol–water partition coefficient (Wildman–Crippen LogP) is 8.77. The zero-order valence-corrected chi connectivity index (χ0v) is 26.3. The zero-order chi connectivity index (χ0) is 31.6. The molecule has 0 spiro atoms. The Bertz CT molecular complexity index is 1330. The number of ether oxygens (including phenoxy) is 4. The quantitative estimate of drug-likeness (QED) is 0.0833. The molecule has 0 aliphatic heterocycles. The van der Waals surface area contributed by atoms with E-state index in [2.05, 4.69) is 6.92 Å². The maximum Gasteiger partial charge on any atom is 0.311 e. The third kappa shape index (κ3) is 12.3. The summed E-state index contributed by atoms with van der Waals surface area (Å²) >= 11 is 0. The standard InChI is InChI=1S/C37H46O7/c1-4-5-6-7-8-9-10-11-15-18-37(40)44-35-25-31(41-3)21-19-30(35)20-24-34(39)33-23-22-32(43-28(2)38)26-36(33)42-27-29-16-13-12-14-17-29/h12-14,16-17,19-26,34,39H,4-11,15,18,27H2,1-3H3. The second-order valence-corrected chi connectivity index (χ2v) is 10.8. The van der Waals surface area contributed by atoms with Crippen molar-refractivity contribution < 1.29 is 33.6 Å². The Hall–Kier alpha value is -4.10. The molecule has 0 fully saturated rings. The van der Waals surface area contributed by atoms with Crippen LogP contribution in [0.3, 0.4) is 0 Å². The van der Waals surface area contributed by atoms with Gasteiger partial charge in [-0.1, -0.05) is 101 Å². The van der Waals surface area contributed by atoms with E-state index in [0.717, 1.165) is 24.8 Å². The molecular formula is C37H46O7. The Kier molecular flexibility index (Phi) is 15.0. The summed E-state index contributed by atoms with van der Waals surface area (Å²) in [5.41, 5.74) is 2.06. The fourth-order valence-electron chi connectivity index (χ4n) is 4.77. The van der Waals surface area contributed by atoms with Crippen molar-refractivity contribution in [1.82, 2.24) is 0 Å². The summed E-state index contributed by atoms with van der Waals surface area (Å²) in [6, 6.07) is 19.7. The van der Waals surface area contributed by atoms with Gasteiger partial charge in [-0.2, -0.15) is 0 Å². The molecule has 44 heavy (non-hydrogen) atoms. The van der Waals surface area contributed by atoms with Crippen molar-refractivity contribution in [3.63, 3.8) is 0 Å². The minimum atomic E-state index is -1.06. The van der Waals surface area contributed by atoms with Crippen LogP contribution in [0.25, 0.3) is 6.08 Å². The van der Waals surface area contributed by atoms with E-state index in [1.165, 1.54) is 45.4 Å². The molecule has 0 bridgehead atoms. The first-order valence-electron chi connectivity index (χ1n) is 15.6. The average Bonchev–Trinajstić information content (AvgIpc) is 3.02. The smallest absolute Gasteiger partial charge is 0.311 e. The van der Waals surface area contributed by atoms with Gasteiger partial charge in [0.25, 0.3) is 0 Å². The van der Waals surface area contributed by atoms with Gasteiger partial charge in [-0.15, -0.1) is 0 Å². The molecule has 0 heterocycles. The molecule has 1 unspecified atom stereocenters. The van der Waals surface area contributed by atoms with Crippen LogP contribution in [0.5, 0.6) is 23.0 Å². The lowest BCUT2D eigenvalue weighted by Crippen LogP contribution is -2.08. The van der Waals surface area contributed by atoms with E-state index in [9.17, 15) is 14.7 Å². The third-order valence-corrected chi connectivity index (χ3v) is 7.19. The molecular weight excluding hydrogens is 556 g/mol. The Morgan fingerprint density at radius 2 is 1.45 bits per heavy atom. The van der Waals surface area contributed by atoms with Crippen LogP contribution in [-0.4, -0.2) is 24.2 Å². The van der Waals surface area contributed by atoms with Crippen LogP contribution in [0.15, 0.2) is 72.8 Å². The first-order chi connectivity index (χ1) is 21.4. The van der Waals surface area contributed by atoms with Gasteiger partial charge in [-0.25, -0.2) is 0 Å². The lowest BCUT2D eigenvalue weighted by molar-refractivity contribution is -0.134. The molecule has 1 N–H and O–H groups in total. The maximum absolute atomic E-state index is 12.7. The van der Waals surface area contributed by atoms with Crippen molar-refractivity contribution in [2.45, 2.75) is 90.8 Å². The number of hydrogen-bond donors (Lipinski definition) is 1. The van der Waals surface area contributed by atoms with Crippen molar-refractivity contribution in [3.05, 3.63) is 89.5 Å². The van der Waals surface area contributed by atoms with Crippen LogP contribution in [0.2, 0.25) is 0 Å². The molecule has 0 aliphatic rings. The summed E-state index contributed by atoms with van der Waals surface area (Å²) in [7, 11) is 1.55. The summed E-state index contributed by atoms with van der Waals surface area (Å²) in [6.45, 7) is 3.82. The molecule has 0 saturated carbocycles. The first kappa shape index (κ1) is 34.4. The van der Waals surface area contributed by atoms with E-state index in [1.807, 2.05) is 30.3 Å². The largest absolute Gasteiger partial charge is 0.497 e. The van der Waals surface area contributed by atoms with E-state index in [0.29, 0.717) is 40.5 Å². The van der Waals surface area contributed by atoms with E-state index in [-0.39, 0.29) is 12.6 Å². The van der Waals surface area contributed by atoms with Gasteiger partial charge in [0, 0.05) is 36.6 Å². The van der Waals surface area contributed by atoms with Gasteiger partial charge in [0.1, 0.15) is 35.7 Å². The highest BCUT2D eigenvalue weighted by molar-refractivity contribution is 5.75. The first-order valence-corrected chi connectivity index (χ1v) is 15.6. The Balaban J connectivity index is 1.66. The molecule has 7 nitrogen and oxygen atoms in total. The zero-order valence-electron chi connectivity index (χ0n) is 26.3. The lowest BCUT2D eigenvalue weighted by Gasteiger charge is -2.16. The molecule has 0 saturated heterocycles. The summed E-state index contributed by atoms with van der Waals surface area (Å²) in [4.78, 5) is 24.2. The van der Waals surface area contributed by atoms with Crippen molar-refractivity contribution in [1.29, 1.82) is 0 Å². The summed E-state index contributed by atoms with van der Waals surface area (Å²) < 4.78 is 22.4. The van der Waals surface area contributed by atoms with Crippen LogP contribution in [0, 0.1) is 0 Å². The number of esters is 2. The highest BCUT2D eigenvalue weighted by Crippen LogP contribution is 2.33. The van der Waals surface area contributed by atoms with Gasteiger partial charge in [-0.05, 0) is 36.2 Å². The summed E-state index contributed by atoms with van der Waals surface area (Å²) in [5, 5.41) is 11.1. The number of unbranched alkanes of at least 4 members (excludes halogenated alkanes) is 8. The molecule has 0 aliphatic carbocycles. The summed E-state index contributed by atoms with van der Waals surface area (Å²) in [6.07, 6.45) is 13.1. The van der Waals surface area contributed by atoms with Gasteiger partial charge in [0.15, 0.2) is 0 Å². The number of aliphatic hydroxyl groups is 1. The molecule has 236 valence electrons. The number of rotatable bonds is 19. The minimum absolute atomic E-state index is 0.269. The van der Waals surface area contributed by atoms with Crippen LogP contribution in [-0.2, 0) is 16.2 Å². The van der Waals surface area contributed by atoms with Gasteiger partial charge in [0.05, 0.1) is 7.11 Å². The molecule has 0 amide bonds. The van der Waals surface area contributed by atoms with Crippen LogP contribution in [0.4, 0.5) is 0 Å². The third-order valence-electron chi connectivity index (χ3n) is 7.19. The van der Waals surface area contributed by atoms with E-state index < -0.39 is 12.1 Å². The highest BCUT2D eigenvalue weighted by Gasteiger charge is 2.15. The molecule has 3 aromatic carbocycles. The molecule has 7 heteroatoms. The highest BCUT2D eigenvalue weighted by atomic mass is 16.5. The van der Waals surface area contributed by atoms with E-state index in [1.54, 1.807) is 55.7 Å². The Labute approximate surface area is 261 Å². The minimum Gasteiger partial charge on any atom is -0.497 e. The molecule has 1 atom stereocenters. The van der Waals surface area contributed by atoms with E-state index in [4.69, 9.17) is 18.9 Å². The SMILES string of the molecule is CCCCCCCCCCCC(=O)Oc1cc(OC)ccc1C=CC(O)c1ccc(OC(C)=O)cc1OCc1ccccc1. The number of hydrogen-bond acceptors (Lipinski definition) is 7. The van der Waals surface area contributed by atoms with Gasteiger partial charge >= 0.3 is 11.9 Å². The molecule has 0 aromatic heterocycles. The van der Waals surface area contributed by atoms with Crippen molar-refractivity contribution in [2.75, 3.05) is 7.11 Å². The van der Waals surface area contributed by atoms with Crippen LogP contribution < -0.4 is 18.9 Å². The van der Waals surface area contributed by atoms with Gasteiger partial charge in [0.2, 0.25) is 0 Å². The monoisotopic (exact) mass is 602 g/mol. The summed E-state index contributed by atoms with van der Waals surface area (Å²) in [5.74, 6) is 0.871. The Morgan fingerprint density at radius 1 is 0.795 bits per heavy atom. The molecule has 0 radical (unpaired) electrons. The van der Waals surface area contributed by atoms with Crippen LogP contribution in [0.1, 0.15) is 101 Å². The second kappa shape index (κ2) is 19.2. The average molecular weight is 603 g/mol. The molecule has 3 aromatic rings. The number of benzene rings is 3. The van der Waals surface area contributed by atoms with Crippen molar-refractivity contribution in [3.8, 4) is 23.0 Å². The van der Waals surface area contributed by atoms with Gasteiger partial charge in [-0.3, -0.25) is 9.59 Å². The maximum atomic E-state index is 12.7. The lowest BCUT2D eigenvalue weighted by atomic mass is 10.1. The van der Waals surface area contributed by atoms with Crippen LogP contribution >= 0.6 is 0 Å². The van der Waals surface area contributed by atoms with E-state index >= 15 is 0 Å². The number of carbonyl (C=O) groups is 2. The van der Waals surface area contributed by atoms with Gasteiger partial charge < -0.3 is 24.1 Å². The Morgan fingerprint density at radius 3 is 2.14 bits per heavy atom.